The molecule has 1 saturated heterocycles. The van der Waals surface area contributed by atoms with Gasteiger partial charge in [-0.1, -0.05) is 12.1 Å². The Morgan fingerprint density at radius 2 is 1.87 bits per heavy atom. The van der Waals surface area contributed by atoms with Crippen LogP contribution in [-0.4, -0.2) is 70.9 Å². The lowest BCUT2D eigenvalue weighted by atomic mass is 10.2. The van der Waals surface area contributed by atoms with Gasteiger partial charge < -0.3 is 15.1 Å². The molecule has 5 rings (SSSR count). The lowest BCUT2D eigenvalue weighted by Crippen LogP contribution is -2.28. The van der Waals surface area contributed by atoms with Crippen LogP contribution in [0.4, 0.5) is 17.3 Å². The molecule has 1 aliphatic heterocycles. The van der Waals surface area contributed by atoms with Gasteiger partial charge in [0.05, 0.1) is 6.54 Å². The Kier molecular flexibility index (Phi) is 6.97. The number of nitrogens with two attached hydrogens (primary N) is 1. The van der Waals surface area contributed by atoms with Crippen molar-refractivity contribution in [1.82, 2.24) is 29.2 Å². The highest BCUT2D eigenvalue weighted by Gasteiger charge is 2.20. The van der Waals surface area contributed by atoms with Crippen LogP contribution in [-0.2, 0) is 16.6 Å². The Morgan fingerprint density at radius 1 is 1.08 bits per heavy atom. The molecule has 0 bridgehead atoms. The van der Waals surface area contributed by atoms with Gasteiger partial charge in [-0.2, -0.15) is 4.98 Å². The summed E-state index contributed by atoms with van der Waals surface area (Å²) in [6, 6.07) is 12.4. The van der Waals surface area contributed by atoms with Crippen LogP contribution in [0.5, 0.6) is 0 Å². The molecule has 3 aromatic heterocycles. The predicted octanol–water partition coefficient (Wildman–Crippen LogP) is 1.70. The quantitative estimate of drug-likeness (QED) is 0.338. The number of aromatic nitrogens is 5. The predicted molar refractivity (Wildman–Crippen MR) is 147 cm³/mol. The molecule has 0 radical (unpaired) electrons. The Labute approximate surface area is 220 Å². The number of sulfonamides is 1. The van der Waals surface area contributed by atoms with E-state index in [2.05, 4.69) is 55.8 Å². The number of pyridine rings is 1. The third-order valence-electron chi connectivity index (χ3n) is 6.40. The number of likely N-dealkylation sites (N-methyl/N-ethyl adjacent to an activating group) is 1. The van der Waals surface area contributed by atoms with Crippen molar-refractivity contribution in [3.8, 4) is 5.82 Å². The fraction of sp³-hybridized carbons (Fsp3) is 0.280. The Morgan fingerprint density at radius 3 is 2.61 bits per heavy atom. The average molecular weight is 536 g/mol. The number of allylic oxidation sites excluding steroid dienone is 1. The standard InChI is InChI=1S/C25H29N9O3S/c1-3-12-33-24(35)20-17-27-25(30-23(20)34(33)21-6-4-7-22(29-21)38(26,36)37)28-18-8-10-19(11-9-18)32-14-5-13-31(2)15-16-32/h3-4,6-11,17H,1,5,12-16H2,2H3,(H2,26,36,37)(H,27,28,30). The average Bonchev–Trinajstić information content (AvgIpc) is 3.02. The first-order valence-electron chi connectivity index (χ1n) is 12.1. The van der Waals surface area contributed by atoms with Gasteiger partial charge in [0.1, 0.15) is 5.39 Å². The molecule has 1 aliphatic rings. The van der Waals surface area contributed by atoms with Crippen LogP contribution in [0.3, 0.4) is 0 Å². The molecule has 13 heteroatoms. The van der Waals surface area contributed by atoms with Gasteiger partial charge in [-0.3, -0.25) is 4.79 Å². The van der Waals surface area contributed by atoms with E-state index in [9.17, 15) is 13.2 Å². The highest BCUT2D eigenvalue weighted by atomic mass is 32.2. The largest absolute Gasteiger partial charge is 0.370 e. The summed E-state index contributed by atoms with van der Waals surface area (Å²) in [4.78, 5) is 30.9. The lowest BCUT2D eigenvalue weighted by Gasteiger charge is -2.23. The van der Waals surface area contributed by atoms with Crippen LogP contribution in [0.2, 0.25) is 0 Å². The molecule has 198 valence electrons. The van der Waals surface area contributed by atoms with Crippen LogP contribution < -0.4 is 20.9 Å². The number of benzene rings is 1. The van der Waals surface area contributed by atoms with Gasteiger partial charge in [-0.25, -0.2) is 32.9 Å². The zero-order valence-electron chi connectivity index (χ0n) is 21.0. The maximum Gasteiger partial charge on any atom is 0.278 e. The molecule has 4 aromatic rings. The van der Waals surface area contributed by atoms with E-state index in [1.165, 1.54) is 27.7 Å². The second-order valence-corrected chi connectivity index (χ2v) is 10.6. The van der Waals surface area contributed by atoms with E-state index in [0.29, 0.717) is 0 Å². The Balaban J connectivity index is 1.49. The topological polar surface area (TPSA) is 144 Å². The van der Waals surface area contributed by atoms with E-state index in [0.717, 1.165) is 44.0 Å². The zero-order chi connectivity index (χ0) is 26.9. The number of hydrogen-bond acceptors (Lipinski definition) is 9. The number of anilines is 3. The summed E-state index contributed by atoms with van der Waals surface area (Å²) in [7, 11) is -1.91. The van der Waals surface area contributed by atoms with E-state index in [4.69, 9.17) is 5.14 Å². The molecule has 3 N–H and O–H groups in total. The molecule has 1 aromatic carbocycles. The van der Waals surface area contributed by atoms with Gasteiger partial charge in [-0.15, -0.1) is 6.58 Å². The van der Waals surface area contributed by atoms with Crippen LogP contribution in [0, 0.1) is 0 Å². The Bertz CT molecular complexity index is 1650. The first kappa shape index (κ1) is 25.6. The first-order valence-corrected chi connectivity index (χ1v) is 13.7. The normalized spacial score (nSPS) is 14.9. The molecule has 0 aliphatic carbocycles. The van der Waals surface area contributed by atoms with Crippen molar-refractivity contribution in [3.63, 3.8) is 0 Å². The van der Waals surface area contributed by atoms with Crippen molar-refractivity contribution >= 4 is 38.4 Å². The molecule has 4 heterocycles. The summed E-state index contributed by atoms with van der Waals surface area (Å²) < 4.78 is 26.6. The third kappa shape index (κ3) is 5.16. The van der Waals surface area contributed by atoms with Gasteiger partial charge >= 0.3 is 0 Å². The molecule has 0 saturated carbocycles. The zero-order valence-corrected chi connectivity index (χ0v) is 21.8. The molecule has 0 unspecified atom stereocenters. The number of nitrogens with one attached hydrogen (secondary N) is 1. The molecular weight excluding hydrogens is 506 g/mol. The molecular formula is C25H29N9O3S. The van der Waals surface area contributed by atoms with Crippen LogP contribution >= 0.6 is 0 Å². The second kappa shape index (κ2) is 10.4. The van der Waals surface area contributed by atoms with Gasteiger partial charge in [0.25, 0.3) is 15.6 Å². The number of rotatable bonds is 7. The maximum absolute atomic E-state index is 13.1. The summed E-state index contributed by atoms with van der Waals surface area (Å²) in [5.74, 6) is 0.441. The highest BCUT2D eigenvalue weighted by molar-refractivity contribution is 7.89. The fourth-order valence-corrected chi connectivity index (χ4v) is 4.97. The monoisotopic (exact) mass is 535 g/mol. The molecule has 0 atom stereocenters. The molecule has 38 heavy (non-hydrogen) atoms. The Hall–Kier alpha value is -4.07. The van der Waals surface area contributed by atoms with Crippen molar-refractivity contribution < 1.29 is 8.42 Å². The summed E-state index contributed by atoms with van der Waals surface area (Å²) in [6.45, 7) is 7.97. The maximum atomic E-state index is 13.1. The van der Waals surface area contributed by atoms with Crippen molar-refractivity contribution in [2.75, 3.05) is 43.4 Å². The van der Waals surface area contributed by atoms with E-state index in [1.807, 2.05) is 12.1 Å². The summed E-state index contributed by atoms with van der Waals surface area (Å²) in [5.41, 5.74) is 1.84. The molecule has 1 fully saturated rings. The van der Waals surface area contributed by atoms with Gasteiger partial charge in [-0.05, 0) is 56.4 Å². The van der Waals surface area contributed by atoms with Gasteiger partial charge in [0, 0.05) is 37.2 Å². The van der Waals surface area contributed by atoms with Crippen molar-refractivity contribution in [1.29, 1.82) is 0 Å². The third-order valence-corrected chi connectivity index (χ3v) is 7.21. The highest BCUT2D eigenvalue weighted by Crippen LogP contribution is 2.22. The minimum Gasteiger partial charge on any atom is -0.370 e. The summed E-state index contributed by atoms with van der Waals surface area (Å²) in [6.07, 6.45) is 4.11. The summed E-state index contributed by atoms with van der Waals surface area (Å²) in [5, 5.41) is 8.40. The number of primary sulfonamides is 1. The first-order chi connectivity index (χ1) is 18.2. The van der Waals surface area contributed by atoms with Crippen molar-refractivity contribution in [3.05, 3.63) is 71.7 Å². The van der Waals surface area contributed by atoms with E-state index < -0.39 is 10.0 Å². The van der Waals surface area contributed by atoms with E-state index >= 15 is 0 Å². The van der Waals surface area contributed by atoms with Gasteiger partial charge in [0.2, 0.25) is 5.95 Å². The number of fused-ring (bicyclic) bond motifs is 1. The second-order valence-electron chi connectivity index (χ2n) is 9.11. The van der Waals surface area contributed by atoms with Crippen LogP contribution in [0.1, 0.15) is 6.42 Å². The number of nitrogens with zero attached hydrogens (tertiary/aromatic N) is 7. The van der Waals surface area contributed by atoms with Crippen LogP contribution in [0.25, 0.3) is 16.9 Å². The van der Waals surface area contributed by atoms with E-state index in [-0.39, 0.29) is 39.9 Å². The molecule has 12 nitrogen and oxygen atoms in total. The lowest BCUT2D eigenvalue weighted by molar-refractivity contribution is 0.360. The van der Waals surface area contributed by atoms with Crippen molar-refractivity contribution in [2.24, 2.45) is 5.14 Å². The SMILES string of the molecule is C=CCn1c(=O)c2cnc(Nc3ccc(N4CCCN(C)CC4)cc3)nc2n1-c1cccc(S(N)(=O)=O)n1. The summed E-state index contributed by atoms with van der Waals surface area (Å²) >= 11 is 0. The number of hydrogen-bond donors (Lipinski definition) is 2. The molecule has 0 amide bonds. The fourth-order valence-electron chi connectivity index (χ4n) is 4.48. The van der Waals surface area contributed by atoms with Gasteiger partial charge in [0.15, 0.2) is 16.5 Å². The minimum absolute atomic E-state index is 0.146. The molecule has 0 spiro atoms. The van der Waals surface area contributed by atoms with Crippen LogP contribution in [0.15, 0.2) is 71.1 Å². The minimum atomic E-state index is -4.05. The van der Waals surface area contributed by atoms with E-state index in [1.54, 1.807) is 12.1 Å². The smallest absolute Gasteiger partial charge is 0.278 e. The van der Waals surface area contributed by atoms with Crippen molar-refractivity contribution in [2.45, 2.75) is 18.0 Å².